The summed E-state index contributed by atoms with van der Waals surface area (Å²) in [6.45, 7) is 7.90. The van der Waals surface area contributed by atoms with E-state index in [1.165, 1.54) is 29.4 Å². The number of hydrogen-bond donors (Lipinski definition) is 1. The molecule has 4 heterocycles. The molecule has 1 spiro atoms. The van der Waals surface area contributed by atoms with Crippen molar-refractivity contribution in [3.05, 3.63) is 35.5 Å². The van der Waals surface area contributed by atoms with Crippen molar-refractivity contribution in [1.82, 2.24) is 9.88 Å². The fraction of sp³-hybridized carbons (Fsp3) is 0.615. The van der Waals surface area contributed by atoms with E-state index in [-0.39, 0.29) is 17.2 Å². The van der Waals surface area contributed by atoms with E-state index < -0.39 is 0 Å². The maximum Gasteiger partial charge on any atom is 0.229 e. The molecular weight excluding hydrogens is 402 g/mol. The van der Waals surface area contributed by atoms with Gasteiger partial charge in [-0.2, -0.15) is 0 Å². The molecule has 170 valence electrons. The first kappa shape index (κ1) is 20.6. The fourth-order valence-corrected chi connectivity index (χ4v) is 6.11. The van der Waals surface area contributed by atoms with Gasteiger partial charge in [-0.15, -0.1) is 0 Å². The number of aryl methyl sites for hydroxylation is 1. The first-order chi connectivity index (χ1) is 15.6. The molecule has 32 heavy (non-hydrogen) atoms. The Bertz CT molecular complexity index is 1020. The number of rotatable bonds is 4. The summed E-state index contributed by atoms with van der Waals surface area (Å²) in [4.78, 5) is 20.0. The number of aromatic nitrogens is 1. The summed E-state index contributed by atoms with van der Waals surface area (Å²) < 4.78 is 10.9. The lowest BCUT2D eigenvalue weighted by molar-refractivity contribution is -0.118. The first-order valence-corrected chi connectivity index (χ1v) is 12.2. The molecule has 1 atom stereocenters. The van der Waals surface area contributed by atoms with E-state index in [0.717, 1.165) is 64.2 Å². The number of amides is 1. The van der Waals surface area contributed by atoms with Crippen LogP contribution in [0, 0.1) is 18.3 Å². The number of anilines is 1. The van der Waals surface area contributed by atoms with Crippen LogP contribution in [0.1, 0.15) is 49.1 Å². The van der Waals surface area contributed by atoms with Crippen LogP contribution < -0.4 is 5.32 Å². The second-order valence-electron chi connectivity index (χ2n) is 10.3. The van der Waals surface area contributed by atoms with Gasteiger partial charge in [0.05, 0.1) is 19.3 Å². The third-order valence-corrected chi connectivity index (χ3v) is 8.46. The summed E-state index contributed by atoms with van der Waals surface area (Å²) >= 11 is 0. The van der Waals surface area contributed by atoms with Gasteiger partial charge in [0.1, 0.15) is 5.82 Å². The maximum atomic E-state index is 12.9. The van der Waals surface area contributed by atoms with Crippen LogP contribution in [-0.2, 0) is 14.3 Å². The van der Waals surface area contributed by atoms with Gasteiger partial charge in [0.2, 0.25) is 5.91 Å². The molecule has 6 nitrogen and oxygen atoms in total. The van der Waals surface area contributed by atoms with Crippen LogP contribution in [0.5, 0.6) is 0 Å². The van der Waals surface area contributed by atoms with Crippen molar-refractivity contribution in [1.29, 1.82) is 0 Å². The molecule has 1 unspecified atom stereocenters. The zero-order valence-corrected chi connectivity index (χ0v) is 18.9. The zero-order chi connectivity index (χ0) is 21.7. The molecule has 4 aliphatic rings. The van der Waals surface area contributed by atoms with Gasteiger partial charge in [0, 0.05) is 30.7 Å². The highest BCUT2D eigenvalue weighted by Gasteiger charge is 2.58. The summed E-state index contributed by atoms with van der Waals surface area (Å²) in [6.07, 6.45) is 7.30. The number of fused-ring (bicyclic) bond motifs is 1. The second kappa shape index (κ2) is 8.08. The van der Waals surface area contributed by atoms with E-state index in [0.29, 0.717) is 17.8 Å². The number of nitrogens with one attached hydrogen (secondary N) is 1. The minimum absolute atomic E-state index is 0.115. The molecule has 1 aromatic heterocycles. The van der Waals surface area contributed by atoms with Crippen LogP contribution in [-0.4, -0.2) is 61.3 Å². The van der Waals surface area contributed by atoms with Crippen LogP contribution in [0.15, 0.2) is 24.4 Å². The largest absolute Gasteiger partial charge is 0.381 e. The lowest BCUT2D eigenvalue weighted by atomic mass is 9.85. The maximum absolute atomic E-state index is 12.9. The Hall–Kier alpha value is -2.02. The van der Waals surface area contributed by atoms with Gasteiger partial charge in [0.25, 0.3) is 0 Å². The Morgan fingerprint density at radius 2 is 1.88 bits per heavy atom. The smallest absolute Gasteiger partial charge is 0.229 e. The van der Waals surface area contributed by atoms with E-state index >= 15 is 0 Å². The average molecular weight is 436 g/mol. The molecule has 1 N–H and O–H groups in total. The predicted molar refractivity (Wildman–Crippen MR) is 124 cm³/mol. The van der Waals surface area contributed by atoms with Crippen molar-refractivity contribution < 1.29 is 14.3 Å². The van der Waals surface area contributed by atoms with E-state index in [2.05, 4.69) is 40.3 Å². The minimum Gasteiger partial charge on any atom is -0.381 e. The van der Waals surface area contributed by atoms with Crippen LogP contribution >= 0.6 is 0 Å². The van der Waals surface area contributed by atoms with E-state index in [4.69, 9.17) is 9.47 Å². The molecule has 6 heteroatoms. The molecule has 0 radical (unpaired) electrons. The highest BCUT2D eigenvalue weighted by atomic mass is 16.5. The van der Waals surface area contributed by atoms with Gasteiger partial charge >= 0.3 is 0 Å². The van der Waals surface area contributed by atoms with E-state index in [9.17, 15) is 4.79 Å². The molecular formula is C26H33N3O3. The summed E-state index contributed by atoms with van der Waals surface area (Å²) in [5.41, 5.74) is 2.99. The predicted octanol–water partition coefficient (Wildman–Crippen LogP) is 3.88. The quantitative estimate of drug-likeness (QED) is 0.790. The van der Waals surface area contributed by atoms with Crippen LogP contribution in [0.3, 0.4) is 0 Å². The molecule has 3 aliphatic heterocycles. The van der Waals surface area contributed by atoms with Crippen molar-refractivity contribution in [2.75, 3.05) is 44.8 Å². The lowest BCUT2D eigenvalue weighted by Crippen LogP contribution is -2.51. The molecule has 2 aromatic rings. The zero-order valence-electron chi connectivity index (χ0n) is 18.9. The number of carbonyl (C=O) groups excluding carboxylic acids is 1. The molecule has 6 rings (SSSR count). The minimum atomic E-state index is 0.115. The molecule has 0 bridgehead atoms. The number of piperidine rings is 1. The van der Waals surface area contributed by atoms with Crippen molar-refractivity contribution in [3.63, 3.8) is 0 Å². The Morgan fingerprint density at radius 1 is 1.09 bits per heavy atom. The Morgan fingerprint density at radius 3 is 2.59 bits per heavy atom. The van der Waals surface area contributed by atoms with Crippen molar-refractivity contribution in [2.24, 2.45) is 11.3 Å². The second-order valence-corrected chi connectivity index (χ2v) is 10.3. The fourth-order valence-electron chi connectivity index (χ4n) is 6.11. The molecule has 1 aliphatic carbocycles. The molecule has 1 saturated carbocycles. The summed E-state index contributed by atoms with van der Waals surface area (Å²) in [5.74, 6) is 1.51. The standard InChI is InChI=1S/C26H33N3O3/c1-17-10-20-14-27-24(28-25(30)23-13-26(23)4-8-31-9-5-26)12-19(20)11-22(17)18-2-6-29(7-3-18)21-15-32-16-21/h10-12,14,18,21,23H,2-9,13,15-16H2,1H3,(H,27,28,30). The van der Waals surface area contributed by atoms with Gasteiger partial charge in [0.15, 0.2) is 0 Å². The van der Waals surface area contributed by atoms with Crippen LogP contribution in [0.2, 0.25) is 0 Å². The van der Waals surface area contributed by atoms with Gasteiger partial charge in [-0.25, -0.2) is 4.98 Å². The number of benzene rings is 1. The number of ether oxygens (including phenoxy) is 2. The third-order valence-electron chi connectivity index (χ3n) is 8.46. The number of hydrogen-bond acceptors (Lipinski definition) is 5. The van der Waals surface area contributed by atoms with Crippen LogP contribution in [0.25, 0.3) is 10.8 Å². The summed E-state index contributed by atoms with van der Waals surface area (Å²) in [7, 11) is 0. The van der Waals surface area contributed by atoms with E-state index in [1.54, 1.807) is 0 Å². The highest BCUT2D eigenvalue weighted by Crippen LogP contribution is 2.59. The highest BCUT2D eigenvalue weighted by molar-refractivity contribution is 5.96. The topological polar surface area (TPSA) is 63.7 Å². The first-order valence-electron chi connectivity index (χ1n) is 12.2. The number of nitrogens with zero attached hydrogens (tertiary/aromatic N) is 2. The molecule has 1 aromatic carbocycles. The van der Waals surface area contributed by atoms with E-state index in [1.807, 2.05) is 6.20 Å². The van der Waals surface area contributed by atoms with Gasteiger partial charge in [-0.05, 0) is 92.1 Å². The van der Waals surface area contributed by atoms with Crippen LogP contribution in [0.4, 0.5) is 5.82 Å². The van der Waals surface area contributed by atoms with Gasteiger partial charge in [-0.1, -0.05) is 6.07 Å². The van der Waals surface area contributed by atoms with Gasteiger partial charge < -0.3 is 14.8 Å². The normalized spacial score (nSPS) is 26.2. The lowest BCUT2D eigenvalue weighted by Gasteiger charge is -2.41. The summed E-state index contributed by atoms with van der Waals surface area (Å²) in [5, 5.41) is 5.41. The number of carbonyl (C=O) groups is 1. The van der Waals surface area contributed by atoms with Crippen molar-refractivity contribution in [3.8, 4) is 0 Å². The molecule has 1 amide bonds. The molecule has 3 saturated heterocycles. The third kappa shape index (κ3) is 3.72. The SMILES string of the molecule is Cc1cc2cnc(NC(=O)C3CC34CCOCC4)cc2cc1C1CCN(C2COC2)CC1. The van der Waals surface area contributed by atoms with Crippen molar-refractivity contribution >= 4 is 22.5 Å². The Balaban J connectivity index is 1.16. The molecule has 4 fully saturated rings. The number of pyridine rings is 1. The van der Waals surface area contributed by atoms with Gasteiger partial charge in [-0.3, -0.25) is 9.69 Å². The van der Waals surface area contributed by atoms with Crippen molar-refractivity contribution in [2.45, 2.75) is 51.0 Å². The monoisotopic (exact) mass is 435 g/mol. The Kier molecular flexibility index (Phi) is 5.20. The Labute approximate surface area is 189 Å². The summed E-state index contributed by atoms with van der Waals surface area (Å²) in [6, 6.07) is 7.28. The average Bonchev–Trinajstić information content (AvgIpc) is 3.46. The number of likely N-dealkylation sites (tertiary alicyclic amines) is 1.